The second kappa shape index (κ2) is 7.05. The van der Waals surface area contributed by atoms with E-state index in [1.807, 2.05) is 48.5 Å². The topological polar surface area (TPSA) is 56.8 Å². The molecule has 0 aliphatic carbocycles. The first kappa shape index (κ1) is 15.2. The molecule has 2 aromatic rings. The zero-order chi connectivity index (χ0) is 16.1. The van der Waals surface area contributed by atoms with Crippen LogP contribution in [0.5, 0.6) is 17.2 Å². The summed E-state index contributed by atoms with van der Waals surface area (Å²) in [6, 6.07) is 14.9. The van der Waals surface area contributed by atoms with Crippen molar-refractivity contribution < 1.29 is 19.0 Å². The zero-order valence-electron chi connectivity index (χ0n) is 13.0. The fourth-order valence-corrected chi connectivity index (χ4v) is 2.44. The fourth-order valence-electron chi connectivity index (χ4n) is 2.44. The molecule has 1 heterocycles. The van der Waals surface area contributed by atoms with Crippen LogP contribution < -0.4 is 19.5 Å². The molecule has 1 aliphatic heterocycles. The van der Waals surface area contributed by atoms with Gasteiger partial charge in [-0.25, -0.2) is 0 Å². The lowest BCUT2D eigenvalue weighted by atomic mass is 10.1. The van der Waals surface area contributed by atoms with Crippen LogP contribution in [0.15, 0.2) is 48.5 Å². The van der Waals surface area contributed by atoms with Gasteiger partial charge >= 0.3 is 0 Å². The molecule has 1 amide bonds. The van der Waals surface area contributed by atoms with E-state index in [2.05, 4.69) is 5.32 Å². The maximum absolute atomic E-state index is 11.5. The summed E-state index contributed by atoms with van der Waals surface area (Å²) in [5, 5.41) is 2.91. The molecule has 0 radical (unpaired) electrons. The van der Waals surface area contributed by atoms with Gasteiger partial charge in [0.1, 0.15) is 25.6 Å². The summed E-state index contributed by atoms with van der Waals surface area (Å²) in [6.07, 6.45) is 0. The van der Waals surface area contributed by atoms with Gasteiger partial charge in [-0.2, -0.15) is 0 Å². The molecule has 0 fully saturated rings. The maximum Gasteiger partial charge on any atom is 0.217 e. The van der Waals surface area contributed by atoms with Crippen LogP contribution in [0.25, 0.3) is 0 Å². The Morgan fingerprint density at radius 2 is 1.87 bits per heavy atom. The summed E-state index contributed by atoms with van der Waals surface area (Å²) in [5.74, 6) is 2.08. The quantitative estimate of drug-likeness (QED) is 0.922. The normalized spacial score (nSPS) is 14.0. The van der Waals surface area contributed by atoms with E-state index in [1.54, 1.807) is 0 Å². The molecule has 0 aromatic heterocycles. The lowest BCUT2D eigenvalue weighted by Crippen LogP contribution is -2.30. The van der Waals surface area contributed by atoms with Crippen LogP contribution in [0.2, 0.25) is 0 Å². The maximum atomic E-state index is 11.5. The molecule has 5 heteroatoms. The highest BCUT2D eigenvalue weighted by Crippen LogP contribution is 2.32. The first-order chi connectivity index (χ1) is 11.2. The number of benzene rings is 2. The Kier molecular flexibility index (Phi) is 4.66. The summed E-state index contributed by atoms with van der Waals surface area (Å²) in [7, 11) is 0. The predicted molar refractivity (Wildman–Crippen MR) is 85.9 cm³/mol. The molecule has 0 spiro atoms. The molecule has 0 saturated carbocycles. The number of amides is 1. The van der Waals surface area contributed by atoms with E-state index in [-0.39, 0.29) is 11.9 Å². The molecule has 2 aromatic carbocycles. The second-order valence-electron chi connectivity index (χ2n) is 5.28. The molecule has 0 saturated heterocycles. The molecule has 120 valence electrons. The van der Waals surface area contributed by atoms with Gasteiger partial charge < -0.3 is 19.5 Å². The summed E-state index contributed by atoms with van der Waals surface area (Å²) >= 11 is 0. The molecule has 1 aliphatic rings. The smallest absolute Gasteiger partial charge is 0.217 e. The largest absolute Gasteiger partial charge is 0.491 e. The van der Waals surface area contributed by atoms with Crippen LogP contribution in [-0.2, 0) is 4.79 Å². The van der Waals surface area contributed by atoms with Gasteiger partial charge in [-0.3, -0.25) is 4.79 Å². The van der Waals surface area contributed by atoms with Gasteiger partial charge in [0.2, 0.25) is 5.91 Å². The monoisotopic (exact) mass is 313 g/mol. The first-order valence-electron chi connectivity index (χ1n) is 7.57. The average molecular weight is 313 g/mol. The number of para-hydroxylation sites is 1. The minimum atomic E-state index is -0.261. The van der Waals surface area contributed by atoms with Gasteiger partial charge in [0.05, 0.1) is 6.04 Å². The lowest BCUT2D eigenvalue weighted by Gasteiger charge is -2.23. The van der Waals surface area contributed by atoms with Crippen LogP contribution in [0.4, 0.5) is 0 Å². The summed E-state index contributed by atoms with van der Waals surface area (Å²) in [6.45, 7) is 2.91. The Labute approximate surface area is 135 Å². The van der Waals surface area contributed by atoms with Crippen molar-refractivity contribution in [1.29, 1.82) is 0 Å². The van der Waals surface area contributed by atoms with E-state index in [0.717, 1.165) is 17.1 Å². The van der Waals surface area contributed by atoms with Gasteiger partial charge in [0.25, 0.3) is 0 Å². The minimum absolute atomic E-state index is 0.110. The van der Waals surface area contributed by atoms with E-state index >= 15 is 0 Å². The van der Waals surface area contributed by atoms with Crippen LogP contribution in [0, 0.1) is 0 Å². The second-order valence-corrected chi connectivity index (χ2v) is 5.28. The number of fused-ring (bicyclic) bond motifs is 1. The third-order valence-electron chi connectivity index (χ3n) is 3.51. The Hall–Kier alpha value is -2.69. The Morgan fingerprint density at radius 1 is 1.13 bits per heavy atom. The lowest BCUT2D eigenvalue weighted by molar-refractivity contribution is -0.119. The molecule has 5 nitrogen and oxygen atoms in total. The SMILES string of the molecule is CC(=O)NC(COc1ccccc1)c1ccc2c(c1)OCCO2. The number of nitrogens with one attached hydrogen (secondary N) is 1. The minimum Gasteiger partial charge on any atom is -0.491 e. The molecule has 3 rings (SSSR count). The predicted octanol–water partition coefficient (Wildman–Crippen LogP) is 2.71. The molecule has 1 unspecified atom stereocenters. The van der Waals surface area contributed by atoms with E-state index in [4.69, 9.17) is 14.2 Å². The first-order valence-corrected chi connectivity index (χ1v) is 7.57. The highest BCUT2D eigenvalue weighted by Gasteiger charge is 2.18. The van der Waals surface area contributed by atoms with Crippen LogP contribution in [0.1, 0.15) is 18.5 Å². The van der Waals surface area contributed by atoms with Crippen LogP contribution in [-0.4, -0.2) is 25.7 Å². The fraction of sp³-hybridized carbons (Fsp3) is 0.278. The van der Waals surface area contributed by atoms with Crippen molar-refractivity contribution in [3.63, 3.8) is 0 Å². The van der Waals surface area contributed by atoms with E-state index in [9.17, 15) is 4.79 Å². The van der Waals surface area contributed by atoms with Crippen molar-refractivity contribution in [3.05, 3.63) is 54.1 Å². The van der Waals surface area contributed by atoms with Gasteiger partial charge in [-0.05, 0) is 29.8 Å². The van der Waals surface area contributed by atoms with Crippen LogP contribution >= 0.6 is 0 Å². The average Bonchev–Trinajstić information content (AvgIpc) is 2.59. The van der Waals surface area contributed by atoms with E-state index in [0.29, 0.717) is 25.6 Å². The number of carbonyl (C=O) groups is 1. The molecular formula is C18H19NO4. The Bertz CT molecular complexity index is 672. The highest BCUT2D eigenvalue weighted by molar-refractivity contribution is 5.73. The van der Waals surface area contributed by atoms with Crippen molar-refractivity contribution in [1.82, 2.24) is 5.32 Å². The van der Waals surface area contributed by atoms with Crippen molar-refractivity contribution in [2.75, 3.05) is 19.8 Å². The summed E-state index contributed by atoms with van der Waals surface area (Å²) < 4.78 is 16.9. The number of rotatable bonds is 5. The van der Waals surface area contributed by atoms with Crippen molar-refractivity contribution in [3.8, 4) is 17.2 Å². The number of hydrogen-bond acceptors (Lipinski definition) is 4. The van der Waals surface area contributed by atoms with Crippen LogP contribution in [0.3, 0.4) is 0 Å². The molecule has 0 bridgehead atoms. The standard InChI is InChI=1S/C18H19NO4/c1-13(20)19-16(12-23-15-5-3-2-4-6-15)14-7-8-17-18(11-14)22-10-9-21-17/h2-8,11,16H,9-10,12H2,1H3,(H,19,20). The Morgan fingerprint density at radius 3 is 2.61 bits per heavy atom. The number of hydrogen-bond donors (Lipinski definition) is 1. The molecule has 1 N–H and O–H groups in total. The van der Waals surface area contributed by atoms with Crippen molar-refractivity contribution in [2.24, 2.45) is 0 Å². The van der Waals surface area contributed by atoms with Crippen molar-refractivity contribution >= 4 is 5.91 Å². The third-order valence-corrected chi connectivity index (χ3v) is 3.51. The van der Waals surface area contributed by atoms with E-state index < -0.39 is 0 Å². The van der Waals surface area contributed by atoms with Gasteiger partial charge in [0.15, 0.2) is 11.5 Å². The summed E-state index contributed by atoms with van der Waals surface area (Å²) in [5.41, 5.74) is 0.917. The number of ether oxygens (including phenoxy) is 3. The van der Waals surface area contributed by atoms with Gasteiger partial charge in [-0.1, -0.05) is 24.3 Å². The zero-order valence-corrected chi connectivity index (χ0v) is 13.0. The van der Waals surface area contributed by atoms with Gasteiger partial charge in [0, 0.05) is 6.92 Å². The summed E-state index contributed by atoms with van der Waals surface area (Å²) in [4.78, 5) is 11.5. The Balaban J connectivity index is 1.76. The third kappa shape index (κ3) is 3.94. The highest BCUT2D eigenvalue weighted by atomic mass is 16.6. The molecular weight excluding hydrogens is 294 g/mol. The van der Waals surface area contributed by atoms with Gasteiger partial charge in [-0.15, -0.1) is 0 Å². The van der Waals surface area contributed by atoms with Crippen molar-refractivity contribution in [2.45, 2.75) is 13.0 Å². The molecule has 23 heavy (non-hydrogen) atoms. The molecule has 1 atom stereocenters. The van der Waals surface area contributed by atoms with E-state index in [1.165, 1.54) is 6.92 Å². The number of carbonyl (C=O) groups excluding carboxylic acids is 1.